The zero-order chi connectivity index (χ0) is 21.8. The molecule has 4 heteroatoms. The van der Waals surface area contributed by atoms with Crippen LogP contribution in [0.4, 0.5) is 5.69 Å². The minimum absolute atomic E-state index is 0.109. The normalized spacial score (nSPS) is 31.6. The van der Waals surface area contributed by atoms with Crippen molar-refractivity contribution in [3.63, 3.8) is 0 Å². The Bertz CT molecular complexity index is 982. The molecule has 2 fully saturated rings. The summed E-state index contributed by atoms with van der Waals surface area (Å²) in [4.78, 5) is 13.9. The quantitative estimate of drug-likeness (QED) is 0.585. The molecule has 2 aromatic rings. The number of benzene rings is 2. The number of carbonyl (C=O) groups excluding carboxylic acids is 1. The molecule has 0 saturated heterocycles. The maximum Gasteiger partial charge on any atom is 0.343 e. The summed E-state index contributed by atoms with van der Waals surface area (Å²) < 4.78 is 5.72. The summed E-state index contributed by atoms with van der Waals surface area (Å²) in [5, 5.41) is 10.6. The van der Waals surface area contributed by atoms with Crippen LogP contribution in [0.1, 0.15) is 66.4 Å². The highest BCUT2D eigenvalue weighted by atomic mass is 16.5. The lowest BCUT2D eigenvalue weighted by atomic mass is 9.55. The van der Waals surface area contributed by atoms with Crippen LogP contribution in [-0.2, 0) is 6.42 Å². The Hall–Kier alpha value is -2.17. The van der Waals surface area contributed by atoms with Crippen LogP contribution in [0, 0.1) is 17.3 Å². The van der Waals surface area contributed by atoms with Crippen molar-refractivity contribution in [2.45, 2.75) is 57.5 Å². The van der Waals surface area contributed by atoms with Crippen molar-refractivity contribution in [3.8, 4) is 5.75 Å². The first-order valence-corrected chi connectivity index (χ1v) is 11.8. The Balaban J connectivity index is 1.32. The van der Waals surface area contributed by atoms with Gasteiger partial charge in [-0.3, -0.25) is 0 Å². The molecule has 0 bridgehead atoms. The average molecular weight is 421 g/mol. The molecular weight excluding hydrogens is 386 g/mol. The van der Waals surface area contributed by atoms with Gasteiger partial charge in [-0.05, 0) is 109 Å². The number of ether oxygens (including phenoxy) is 1. The fourth-order valence-corrected chi connectivity index (χ4v) is 6.70. The third-order valence-corrected chi connectivity index (χ3v) is 8.56. The molecule has 2 saturated carbocycles. The van der Waals surface area contributed by atoms with Gasteiger partial charge in [0.2, 0.25) is 0 Å². The van der Waals surface area contributed by atoms with E-state index in [0.29, 0.717) is 29.1 Å². The van der Waals surface area contributed by atoms with E-state index in [4.69, 9.17) is 4.74 Å². The van der Waals surface area contributed by atoms with E-state index in [1.807, 2.05) is 30.3 Å². The molecule has 0 radical (unpaired) electrons. The summed E-state index contributed by atoms with van der Waals surface area (Å²) in [7, 11) is 4.12. The van der Waals surface area contributed by atoms with E-state index in [2.05, 4.69) is 33.2 Å². The van der Waals surface area contributed by atoms with Crippen molar-refractivity contribution in [3.05, 3.63) is 59.2 Å². The molecular formula is C27H34NO3+. The second-order valence-corrected chi connectivity index (χ2v) is 10.4. The van der Waals surface area contributed by atoms with Crippen LogP contribution in [0.5, 0.6) is 5.75 Å². The van der Waals surface area contributed by atoms with Crippen LogP contribution < -0.4 is 9.64 Å². The molecule has 0 amide bonds. The molecule has 3 aliphatic rings. The van der Waals surface area contributed by atoms with Crippen molar-refractivity contribution in [2.75, 3.05) is 14.1 Å². The van der Waals surface area contributed by atoms with Crippen LogP contribution >= 0.6 is 0 Å². The highest BCUT2D eigenvalue weighted by molar-refractivity contribution is 5.91. The Kier molecular flexibility index (Phi) is 5.18. The first kappa shape index (κ1) is 20.7. The van der Waals surface area contributed by atoms with Gasteiger partial charge in [0.15, 0.2) is 0 Å². The number of fused-ring (bicyclic) bond motifs is 5. The van der Waals surface area contributed by atoms with Gasteiger partial charge < -0.3 is 14.7 Å². The van der Waals surface area contributed by atoms with Crippen LogP contribution in [-0.4, -0.2) is 31.3 Å². The van der Waals surface area contributed by atoms with Crippen molar-refractivity contribution in [1.29, 1.82) is 0 Å². The van der Waals surface area contributed by atoms with Gasteiger partial charge in [-0.25, -0.2) is 4.79 Å². The summed E-state index contributed by atoms with van der Waals surface area (Å²) in [6.07, 6.45) is 6.47. The Morgan fingerprint density at radius 1 is 1.06 bits per heavy atom. The molecule has 5 atom stereocenters. The standard InChI is InChI=1S/C27H33NO3/c1-27-15-14-22-21-11-9-20(31-26(30)17-4-7-19(8-5-17)28(2)3)16-18(21)6-10-23(22)24(27)12-13-25(27)29/h4-5,7-9,11,16,22-25,29H,6,10,12-15H2,1-3H3/p+1/t22-,23-,24+,25+,27+/m1/s1. The maximum absolute atomic E-state index is 12.6. The number of rotatable bonds is 3. The minimum Gasteiger partial charge on any atom is -0.423 e. The van der Waals surface area contributed by atoms with E-state index in [9.17, 15) is 9.90 Å². The summed E-state index contributed by atoms with van der Waals surface area (Å²) >= 11 is 0. The van der Waals surface area contributed by atoms with Crippen LogP contribution in [0.3, 0.4) is 0 Å². The van der Waals surface area contributed by atoms with Gasteiger partial charge in [-0.1, -0.05) is 13.0 Å². The smallest absolute Gasteiger partial charge is 0.343 e. The van der Waals surface area contributed by atoms with E-state index < -0.39 is 0 Å². The zero-order valence-corrected chi connectivity index (χ0v) is 18.9. The summed E-state index contributed by atoms with van der Waals surface area (Å²) in [5.41, 5.74) is 4.60. The lowest BCUT2D eigenvalue weighted by Gasteiger charge is -2.50. The van der Waals surface area contributed by atoms with Crippen molar-refractivity contribution < 1.29 is 19.5 Å². The Labute approximate surface area is 185 Å². The van der Waals surface area contributed by atoms with E-state index in [1.54, 1.807) is 0 Å². The summed E-state index contributed by atoms with van der Waals surface area (Å²) in [6.45, 7) is 2.32. The number of aliphatic hydroxyl groups excluding tert-OH is 1. The monoisotopic (exact) mass is 420 g/mol. The molecule has 0 aliphatic heterocycles. The Morgan fingerprint density at radius 3 is 2.58 bits per heavy atom. The second kappa shape index (κ2) is 7.75. The van der Waals surface area contributed by atoms with Crippen molar-refractivity contribution in [2.24, 2.45) is 17.3 Å². The molecule has 164 valence electrons. The van der Waals surface area contributed by atoms with Crippen LogP contribution in [0.15, 0.2) is 42.5 Å². The molecule has 3 aliphatic carbocycles. The van der Waals surface area contributed by atoms with E-state index in [1.165, 1.54) is 22.4 Å². The van der Waals surface area contributed by atoms with E-state index in [-0.39, 0.29) is 17.5 Å². The number of aryl methyl sites for hydroxylation is 1. The predicted molar refractivity (Wildman–Crippen MR) is 121 cm³/mol. The number of carbonyl (C=O) groups is 1. The van der Waals surface area contributed by atoms with Gasteiger partial charge in [-0.15, -0.1) is 0 Å². The fourth-order valence-electron chi connectivity index (χ4n) is 6.70. The molecule has 31 heavy (non-hydrogen) atoms. The fraction of sp³-hybridized carbons (Fsp3) is 0.519. The van der Waals surface area contributed by atoms with Crippen molar-refractivity contribution >= 4 is 11.7 Å². The molecule has 2 aromatic carbocycles. The van der Waals surface area contributed by atoms with Gasteiger partial charge in [0.05, 0.1) is 25.8 Å². The van der Waals surface area contributed by atoms with Gasteiger partial charge in [0.25, 0.3) is 0 Å². The van der Waals surface area contributed by atoms with Gasteiger partial charge in [0, 0.05) is 0 Å². The highest BCUT2D eigenvalue weighted by Crippen LogP contribution is 2.60. The topological polar surface area (TPSA) is 51.0 Å². The minimum atomic E-state index is -0.303. The molecule has 2 N–H and O–H groups in total. The second-order valence-electron chi connectivity index (χ2n) is 10.4. The molecule has 0 unspecified atom stereocenters. The van der Waals surface area contributed by atoms with E-state index in [0.717, 1.165) is 37.8 Å². The number of hydrogen-bond donors (Lipinski definition) is 2. The lowest BCUT2D eigenvalue weighted by Crippen LogP contribution is -3.00. The number of quaternary nitrogens is 1. The molecule has 0 heterocycles. The lowest BCUT2D eigenvalue weighted by molar-refractivity contribution is -0.786. The SMILES string of the molecule is C[NH+](C)c1ccc(C(=O)Oc2ccc3c(c2)CC[C@@H]2[C@@H]3CC[C@]3(C)[C@@H](O)CC[C@@H]23)cc1. The first-order chi connectivity index (χ1) is 14.9. The molecule has 4 nitrogen and oxygen atoms in total. The number of hydrogen-bond acceptors (Lipinski definition) is 3. The van der Waals surface area contributed by atoms with Crippen molar-refractivity contribution in [1.82, 2.24) is 0 Å². The largest absolute Gasteiger partial charge is 0.423 e. The van der Waals surface area contributed by atoms with Gasteiger partial charge in [-0.2, -0.15) is 0 Å². The van der Waals surface area contributed by atoms with E-state index >= 15 is 0 Å². The van der Waals surface area contributed by atoms with Crippen LogP contribution in [0.2, 0.25) is 0 Å². The summed E-state index contributed by atoms with van der Waals surface area (Å²) in [6, 6.07) is 13.9. The third kappa shape index (κ3) is 3.50. The summed E-state index contributed by atoms with van der Waals surface area (Å²) in [5.74, 6) is 2.23. The molecule has 0 spiro atoms. The molecule has 0 aromatic heterocycles. The maximum atomic E-state index is 12.6. The zero-order valence-electron chi connectivity index (χ0n) is 18.9. The first-order valence-electron chi connectivity index (χ1n) is 11.8. The number of aliphatic hydroxyl groups is 1. The van der Waals surface area contributed by atoms with Crippen LogP contribution in [0.25, 0.3) is 0 Å². The number of nitrogens with one attached hydrogen (secondary N) is 1. The van der Waals surface area contributed by atoms with Gasteiger partial charge >= 0.3 is 5.97 Å². The molecule has 5 rings (SSSR count). The number of esters is 1. The third-order valence-electron chi connectivity index (χ3n) is 8.56. The Morgan fingerprint density at radius 2 is 1.84 bits per heavy atom. The predicted octanol–water partition coefficient (Wildman–Crippen LogP) is 3.90. The highest BCUT2D eigenvalue weighted by Gasteiger charge is 2.54. The van der Waals surface area contributed by atoms with Gasteiger partial charge in [0.1, 0.15) is 11.4 Å². The average Bonchev–Trinajstić information content (AvgIpc) is 3.08.